The number of hydrogen-bond acceptors (Lipinski definition) is 6. The number of methoxy groups -OCH3 is 1. The fourth-order valence-electron chi connectivity index (χ4n) is 3.27. The lowest BCUT2D eigenvalue weighted by atomic mass is 9.97. The van der Waals surface area contributed by atoms with Gasteiger partial charge in [0.2, 0.25) is 15.9 Å². The van der Waals surface area contributed by atoms with Crippen LogP contribution in [-0.4, -0.2) is 43.8 Å². The van der Waals surface area contributed by atoms with Crippen LogP contribution >= 0.6 is 11.3 Å². The predicted molar refractivity (Wildman–Crippen MR) is 109 cm³/mol. The average molecular weight is 424 g/mol. The summed E-state index contributed by atoms with van der Waals surface area (Å²) in [7, 11) is -2.03. The van der Waals surface area contributed by atoms with E-state index in [2.05, 4.69) is 10.3 Å². The molecule has 2 aromatic rings. The van der Waals surface area contributed by atoms with Crippen molar-refractivity contribution in [2.75, 3.05) is 25.5 Å². The van der Waals surface area contributed by atoms with Gasteiger partial charge in [0.15, 0.2) is 5.13 Å². The Kier molecular flexibility index (Phi) is 6.36. The lowest BCUT2D eigenvalue weighted by molar-refractivity contribution is -0.120. The zero-order chi connectivity index (χ0) is 20.3. The Balaban J connectivity index is 1.60. The lowest BCUT2D eigenvalue weighted by Crippen LogP contribution is -2.41. The molecule has 1 aromatic carbocycles. The minimum atomic E-state index is -3.56. The first-order chi connectivity index (χ1) is 13.3. The van der Waals surface area contributed by atoms with Crippen molar-refractivity contribution in [3.05, 3.63) is 34.8 Å². The summed E-state index contributed by atoms with van der Waals surface area (Å²) < 4.78 is 32.1. The highest BCUT2D eigenvalue weighted by Gasteiger charge is 2.32. The van der Waals surface area contributed by atoms with Gasteiger partial charge in [-0.1, -0.05) is 6.92 Å². The average Bonchev–Trinajstić information content (AvgIpc) is 3.07. The molecular formula is C19H25N3O4S2. The van der Waals surface area contributed by atoms with Crippen molar-refractivity contribution in [2.24, 2.45) is 5.92 Å². The molecule has 1 saturated heterocycles. The molecule has 152 valence electrons. The van der Waals surface area contributed by atoms with Crippen LogP contribution in [-0.2, 0) is 21.2 Å². The van der Waals surface area contributed by atoms with E-state index in [1.54, 1.807) is 24.3 Å². The van der Waals surface area contributed by atoms with Crippen molar-refractivity contribution in [3.8, 4) is 5.75 Å². The van der Waals surface area contributed by atoms with Crippen LogP contribution in [0.1, 0.15) is 30.3 Å². The SMILES string of the molecule is CCc1nc(NC(=O)C2CCN(S(=O)(=O)c3ccc(OC)cc3)CC2)sc1C. The van der Waals surface area contributed by atoms with Gasteiger partial charge < -0.3 is 10.1 Å². The number of thiazole rings is 1. The summed E-state index contributed by atoms with van der Waals surface area (Å²) in [6, 6.07) is 6.35. The van der Waals surface area contributed by atoms with Crippen molar-refractivity contribution in [2.45, 2.75) is 38.0 Å². The van der Waals surface area contributed by atoms with Crippen LogP contribution in [0, 0.1) is 12.8 Å². The molecule has 0 radical (unpaired) electrons. The molecule has 1 N–H and O–H groups in total. The molecule has 2 heterocycles. The molecule has 0 atom stereocenters. The molecule has 28 heavy (non-hydrogen) atoms. The minimum absolute atomic E-state index is 0.0853. The molecule has 0 aliphatic carbocycles. The molecule has 1 amide bonds. The number of nitrogens with one attached hydrogen (secondary N) is 1. The number of amides is 1. The quantitative estimate of drug-likeness (QED) is 0.771. The van der Waals surface area contributed by atoms with Crippen LogP contribution < -0.4 is 10.1 Å². The third-order valence-corrected chi connectivity index (χ3v) is 7.82. The summed E-state index contributed by atoms with van der Waals surface area (Å²) in [6.07, 6.45) is 1.82. The van der Waals surface area contributed by atoms with E-state index in [4.69, 9.17) is 4.74 Å². The second kappa shape index (κ2) is 8.59. The number of benzene rings is 1. The molecule has 0 bridgehead atoms. The van der Waals surface area contributed by atoms with E-state index in [-0.39, 0.29) is 16.7 Å². The summed E-state index contributed by atoms with van der Waals surface area (Å²) in [6.45, 7) is 4.68. The smallest absolute Gasteiger partial charge is 0.243 e. The molecule has 3 rings (SSSR count). The second-order valence-electron chi connectivity index (χ2n) is 6.72. The highest BCUT2D eigenvalue weighted by Crippen LogP contribution is 2.27. The van der Waals surface area contributed by atoms with E-state index < -0.39 is 10.0 Å². The van der Waals surface area contributed by atoms with Gasteiger partial charge in [-0.2, -0.15) is 4.31 Å². The van der Waals surface area contributed by atoms with Crippen LogP contribution in [0.25, 0.3) is 0 Å². The van der Waals surface area contributed by atoms with Gasteiger partial charge in [0.25, 0.3) is 0 Å². The summed E-state index contributed by atoms with van der Waals surface area (Å²) >= 11 is 1.48. The van der Waals surface area contributed by atoms with E-state index in [0.717, 1.165) is 17.0 Å². The molecule has 0 saturated carbocycles. The highest BCUT2D eigenvalue weighted by molar-refractivity contribution is 7.89. The van der Waals surface area contributed by atoms with Crippen molar-refractivity contribution < 1.29 is 17.9 Å². The fourth-order valence-corrected chi connectivity index (χ4v) is 5.65. The summed E-state index contributed by atoms with van der Waals surface area (Å²) in [4.78, 5) is 18.3. The van der Waals surface area contributed by atoms with E-state index in [0.29, 0.717) is 36.8 Å². The van der Waals surface area contributed by atoms with E-state index in [1.165, 1.54) is 22.8 Å². The van der Waals surface area contributed by atoms with Gasteiger partial charge in [-0.15, -0.1) is 11.3 Å². The standard InChI is InChI=1S/C19H25N3O4S2/c1-4-17-13(2)27-19(20-17)21-18(23)14-9-11-22(12-10-14)28(24,25)16-7-5-15(26-3)6-8-16/h5-8,14H,4,9-12H2,1-3H3,(H,20,21,23). The Morgan fingerprint density at radius 3 is 2.46 bits per heavy atom. The Labute approximate surface area is 169 Å². The van der Waals surface area contributed by atoms with Gasteiger partial charge in [-0.05, 0) is 50.5 Å². The van der Waals surface area contributed by atoms with E-state index >= 15 is 0 Å². The number of nitrogens with zero attached hydrogens (tertiary/aromatic N) is 2. The summed E-state index contributed by atoms with van der Waals surface area (Å²) in [5.74, 6) is 0.312. The van der Waals surface area contributed by atoms with Crippen LogP contribution in [0.4, 0.5) is 5.13 Å². The fraction of sp³-hybridized carbons (Fsp3) is 0.474. The third kappa shape index (κ3) is 4.37. The Morgan fingerprint density at radius 1 is 1.29 bits per heavy atom. The second-order valence-corrected chi connectivity index (χ2v) is 9.86. The maximum absolute atomic E-state index is 12.8. The maximum atomic E-state index is 12.8. The first-order valence-electron chi connectivity index (χ1n) is 9.26. The lowest BCUT2D eigenvalue weighted by Gasteiger charge is -2.30. The van der Waals surface area contributed by atoms with E-state index in [9.17, 15) is 13.2 Å². The molecule has 1 aliphatic heterocycles. The molecule has 1 aliphatic rings. The van der Waals surface area contributed by atoms with Crippen molar-refractivity contribution >= 4 is 32.4 Å². The molecular weight excluding hydrogens is 398 g/mol. The summed E-state index contributed by atoms with van der Waals surface area (Å²) in [5, 5.41) is 3.51. The van der Waals surface area contributed by atoms with E-state index in [1.807, 2.05) is 13.8 Å². The highest BCUT2D eigenvalue weighted by atomic mass is 32.2. The monoisotopic (exact) mass is 423 g/mol. The molecule has 0 spiro atoms. The number of sulfonamides is 1. The van der Waals surface area contributed by atoms with Crippen molar-refractivity contribution in [3.63, 3.8) is 0 Å². The number of carbonyl (C=O) groups excluding carboxylic acids is 1. The molecule has 7 nitrogen and oxygen atoms in total. The Bertz CT molecular complexity index is 931. The number of ether oxygens (including phenoxy) is 1. The van der Waals surface area contributed by atoms with Crippen LogP contribution in [0.3, 0.4) is 0 Å². The van der Waals surface area contributed by atoms with Gasteiger partial charge >= 0.3 is 0 Å². The number of aryl methyl sites for hydroxylation is 2. The number of piperidine rings is 1. The van der Waals surface area contributed by atoms with Gasteiger partial charge in [0, 0.05) is 23.9 Å². The van der Waals surface area contributed by atoms with Gasteiger partial charge in [0.1, 0.15) is 5.75 Å². The van der Waals surface area contributed by atoms with Gasteiger partial charge in [-0.25, -0.2) is 13.4 Å². The minimum Gasteiger partial charge on any atom is -0.497 e. The molecule has 1 aromatic heterocycles. The predicted octanol–water partition coefficient (Wildman–Crippen LogP) is 3.06. The first-order valence-corrected chi connectivity index (χ1v) is 11.5. The number of aromatic nitrogens is 1. The topological polar surface area (TPSA) is 88.6 Å². The number of rotatable bonds is 6. The number of carbonyl (C=O) groups is 1. The van der Waals surface area contributed by atoms with Crippen LogP contribution in [0.15, 0.2) is 29.2 Å². The molecule has 1 fully saturated rings. The molecule has 9 heteroatoms. The first kappa shape index (κ1) is 20.8. The van der Waals surface area contributed by atoms with Crippen molar-refractivity contribution in [1.29, 1.82) is 0 Å². The summed E-state index contributed by atoms with van der Waals surface area (Å²) in [5.41, 5.74) is 1.00. The Hall–Kier alpha value is -1.97. The van der Waals surface area contributed by atoms with Crippen LogP contribution in [0.5, 0.6) is 5.75 Å². The molecule has 0 unspecified atom stereocenters. The Morgan fingerprint density at radius 2 is 1.93 bits per heavy atom. The zero-order valence-corrected chi connectivity index (χ0v) is 17.9. The van der Waals surface area contributed by atoms with Crippen LogP contribution in [0.2, 0.25) is 0 Å². The number of anilines is 1. The normalized spacial score (nSPS) is 16.1. The van der Waals surface area contributed by atoms with Crippen molar-refractivity contribution in [1.82, 2.24) is 9.29 Å². The third-order valence-electron chi connectivity index (χ3n) is 4.98. The van der Waals surface area contributed by atoms with Gasteiger partial charge in [-0.3, -0.25) is 4.79 Å². The number of hydrogen-bond donors (Lipinski definition) is 1. The largest absolute Gasteiger partial charge is 0.497 e. The maximum Gasteiger partial charge on any atom is 0.243 e. The van der Waals surface area contributed by atoms with Gasteiger partial charge in [0.05, 0.1) is 17.7 Å². The zero-order valence-electron chi connectivity index (χ0n) is 16.3.